The van der Waals surface area contributed by atoms with E-state index in [1.165, 1.54) is 5.56 Å². The van der Waals surface area contributed by atoms with Gasteiger partial charge in [-0.15, -0.1) is 0 Å². The zero-order valence-electron chi connectivity index (χ0n) is 7.38. The Labute approximate surface area is 96.7 Å². The highest BCUT2D eigenvalue weighted by Crippen LogP contribution is 1.99. The third-order valence-corrected chi connectivity index (χ3v) is 1.26. The smallest absolute Gasteiger partial charge is 0.377 e. The van der Waals surface area contributed by atoms with Crippen LogP contribution in [0.25, 0.3) is 0 Å². The van der Waals surface area contributed by atoms with Gasteiger partial charge >= 0.3 is 18.2 Å². The van der Waals surface area contributed by atoms with E-state index in [-0.39, 0.29) is 0 Å². The van der Waals surface area contributed by atoms with Gasteiger partial charge in [-0.25, -0.2) is 0 Å². The van der Waals surface area contributed by atoms with Crippen LogP contribution in [0.2, 0.25) is 0 Å². The fourth-order valence-electron chi connectivity index (χ4n) is 0.764. The molecule has 0 saturated heterocycles. The molecule has 1 radical (unpaired) electrons. The van der Waals surface area contributed by atoms with Crippen LogP contribution in [0.4, 0.5) is 0 Å². The third kappa shape index (κ3) is 8.85. The Kier molecular flexibility index (Phi) is 11.0. The van der Waals surface area contributed by atoms with Crippen molar-refractivity contribution >= 4 is 36.3 Å². The molecule has 0 N–H and O–H groups in total. The summed E-state index contributed by atoms with van der Waals surface area (Å²) in [5.74, 6) is 0. The molecule has 1 aromatic carbocycles. The van der Waals surface area contributed by atoms with E-state index in [2.05, 4.69) is 6.92 Å². The standard InChI is InChI=1S/C9H11O.2ClH.Mg/c1-2-10-8-9-6-4-3-5-7-9;;;/h3-7H,1-2,8H2;2*1H;/q;;;+2/p-2. The van der Waals surface area contributed by atoms with Crippen molar-refractivity contribution in [2.45, 2.75) is 6.61 Å². The van der Waals surface area contributed by atoms with E-state index in [0.29, 0.717) is 13.2 Å². The van der Waals surface area contributed by atoms with Crippen LogP contribution in [-0.2, 0) is 11.3 Å². The number of benzene rings is 1. The molecule has 0 aliphatic heterocycles. The van der Waals surface area contributed by atoms with Gasteiger partial charge in [-0.1, -0.05) is 30.3 Å². The first-order valence-electron chi connectivity index (χ1n) is 3.88. The van der Waals surface area contributed by atoms with Crippen molar-refractivity contribution in [3.05, 3.63) is 42.8 Å². The highest BCUT2D eigenvalue weighted by atomic mass is 35.6. The van der Waals surface area contributed by atoms with Gasteiger partial charge in [0.25, 0.3) is 0 Å². The maximum absolute atomic E-state index is 5.11. The molecular weight excluding hydrogens is 219 g/mol. The van der Waals surface area contributed by atoms with E-state index in [1.807, 2.05) is 30.3 Å². The molecule has 13 heavy (non-hydrogen) atoms. The Morgan fingerprint density at radius 2 is 1.77 bits per heavy atom. The highest BCUT2D eigenvalue weighted by molar-refractivity contribution is 7.22. The molecule has 0 amide bonds. The Morgan fingerprint density at radius 1 is 1.23 bits per heavy atom. The minimum absolute atomic E-state index is 0.537. The molecular formula is C9H11Cl2MgO. The number of rotatable bonds is 3. The minimum atomic E-state index is -0.639. The molecule has 0 aliphatic rings. The summed E-state index contributed by atoms with van der Waals surface area (Å²) < 4.78 is 5.11. The molecule has 0 fully saturated rings. The summed E-state index contributed by atoms with van der Waals surface area (Å²) in [4.78, 5) is 0. The molecule has 0 spiro atoms. The molecule has 1 aromatic rings. The summed E-state index contributed by atoms with van der Waals surface area (Å²) in [6.07, 6.45) is 0. The van der Waals surface area contributed by atoms with E-state index < -0.39 is 18.2 Å². The van der Waals surface area contributed by atoms with Gasteiger partial charge in [-0.05, 0) is 12.5 Å². The topological polar surface area (TPSA) is 9.23 Å². The van der Waals surface area contributed by atoms with Crippen molar-refractivity contribution in [3.63, 3.8) is 0 Å². The van der Waals surface area contributed by atoms with Crippen molar-refractivity contribution in [2.75, 3.05) is 6.61 Å². The lowest BCUT2D eigenvalue weighted by Gasteiger charge is -1.98. The first kappa shape index (κ1) is 13.5. The second kappa shape index (κ2) is 10.6. The number of hydrogen-bond donors (Lipinski definition) is 0. The van der Waals surface area contributed by atoms with Gasteiger partial charge < -0.3 is 22.9 Å². The third-order valence-electron chi connectivity index (χ3n) is 1.26. The Balaban J connectivity index is 0.000000424. The SMILES string of the molecule is [CH2]COCc1ccccc1.[Cl][Mg][Cl]. The van der Waals surface area contributed by atoms with Gasteiger partial charge in [0.05, 0.1) is 6.61 Å². The van der Waals surface area contributed by atoms with Gasteiger partial charge in [-0.2, -0.15) is 0 Å². The second-order valence-corrected chi connectivity index (χ2v) is 4.77. The summed E-state index contributed by atoms with van der Waals surface area (Å²) >= 11 is -0.639. The highest BCUT2D eigenvalue weighted by Gasteiger charge is 1.86. The molecule has 1 nitrogen and oxygen atoms in total. The van der Waals surface area contributed by atoms with Gasteiger partial charge in [0, 0.05) is 6.61 Å². The Hall–Kier alpha value is 0.526. The largest absolute Gasteiger partial charge is 0.618 e. The van der Waals surface area contributed by atoms with Crippen LogP contribution in [-0.4, -0.2) is 24.8 Å². The van der Waals surface area contributed by atoms with Crippen LogP contribution in [0.1, 0.15) is 5.56 Å². The Bertz CT molecular complexity index is 194. The average Bonchev–Trinajstić information content (AvgIpc) is 2.18. The predicted octanol–water partition coefficient (Wildman–Crippen LogP) is 3.04. The van der Waals surface area contributed by atoms with Crippen molar-refractivity contribution in [1.82, 2.24) is 0 Å². The Morgan fingerprint density at radius 3 is 2.23 bits per heavy atom. The van der Waals surface area contributed by atoms with Crippen molar-refractivity contribution < 1.29 is 4.74 Å². The lowest BCUT2D eigenvalue weighted by Crippen LogP contribution is -1.90. The van der Waals surface area contributed by atoms with Crippen molar-refractivity contribution in [1.29, 1.82) is 0 Å². The van der Waals surface area contributed by atoms with E-state index in [9.17, 15) is 0 Å². The second-order valence-electron chi connectivity index (χ2n) is 2.14. The summed E-state index contributed by atoms with van der Waals surface area (Å²) in [7, 11) is 9.81. The molecule has 4 heteroatoms. The zero-order valence-corrected chi connectivity index (χ0v) is 10.3. The summed E-state index contributed by atoms with van der Waals surface area (Å²) in [5, 5.41) is 0. The molecule has 0 bridgehead atoms. The summed E-state index contributed by atoms with van der Waals surface area (Å²) in [6.45, 7) is 4.79. The summed E-state index contributed by atoms with van der Waals surface area (Å²) in [5.41, 5.74) is 1.20. The van der Waals surface area contributed by atoms with Crippen LogP contribution in [0.5, 0.6) is 0 Å². The van der Waals surface area contributed by atoms with Crippen molar-refractivity contribution in [3.8, 4) is 0 Å². The monoisotopic (exact) mass is 229 g/mol. The molecule has 1 rings (SSSR count). The molecule has 0 aromatic heterocycles. The molecule has 0 atom stereocenters. The number of ether oxygens (including phenoxy) is 1. The average molecular weight is 230 g/mol. The van der Waals surface area contributed by atoms with E-state index in [0.717, 1.165) is 0 Å². The van der Waals surface area contributed by atoms with Gasteiger partial charge in [0.15, 0.2) is 0 Å². The normalized spacial score (nSPS) is 8.23. The summed E-state index contributed by atoms with van der Waals surface area (Å²) in [6, 6.07) is 10.1. The maximum Gasteiger partial charge on any atom is 0.618 e. The first-order chi connectivity index (χ1) is 6.35. The first-order valence-corrected chi connectivity index (χ1v) is 8.15. The van der Waals surface area contributed by atoms with Crippen LogP contribution >= 0.6 is 18.1 Å². The van der Waals surface area contributed by atoms with Crippen LogP contribution in [0.3, 0.4) is 0 Å². The lowest BCUT2D eigenvalue weighted by atomic mass is 10.2. The lowest BCUT2D eigenvalue weighted by molar-refractivity contribution is 0.147. The van der Waals surface area contributed by atoms with Crippen LogP contribution in [0, 0.1) is 6.92 Å². The van der Waals surface area contributed by atoms with Crippen LogP contribution in [0.15, 0.2) is 30.3 Å². The fraction of sp³-hybridized carbons (Fsp3) is 0.222. The van der Waals surface area contributed by atoms with Gasteiger partial charge in [-0.3, -0.25) is 0 Å². The van der Waals surface area contributed by atoms with E-state index in [1.54, 1.807) is 0 Å². The molecule has 0 heterocycles. The maximum atomic E-state index is 5.11. The quantitative estimate of drug-likeness (QED) is 0.725. The van der Waals surface area contributed by atoms with E-state index in [4.69, 9.17) is 22.9 Å². The van der Waals surface area contributed by atoms with Crippen LogP contribution < -0.4 is 0 Å². The molecule has 69 valence electrons. The van der Waals surface area contributed by atoms with Crippen molar-refractivity contribution in [2.24, 2.45) is 0 Å². The molecule has 0 unspecified atom stereocenters. The van der Waals surface area contributed by atoms with E-state index >= 15 is 0 Å². The number of hydrogen-bond acceptors (Lipinski definition) is 1. The van der Waals surface area contributed by atoms with Gasteiger partial charge in [0.2, 0.25) is 0 Å². The minimum Gasteiger partial charge on any atom is -0.377 e. The molecule has 0 saturated carbocycles. The fourth-order valence-corrected chi connectivity index (χ4v) is 0.764. The van der Waals surface area contributed by atoms with Gasteiger partial charge in [0.1, 0.15) is 0 Å². The zero-order chi connectivity index (χ0) is 9.94. The number of halogens is 2. The molecule has 0 aliphatic carbocycles. The predicted molar refractivity (Wildman–Crippen MR) is 58.9 cm³/mol.